The predicted octanol–water partition coefficient (Wildman–Crippen LogP) is 4.78. The molecule has 138 valence electrons. The fraction of sp³-hybridized carbons (Fsp3) is 0.273. The number of hydrogen-bond donors (Lipinski definition) is 0. The summed E-state index contributed by atoms with van der Waals surface area (Å²) in [6, 6.07) is 18.1. The number of halogens is 1. The van der Waals surface area contributed by atoms with Gasteiger partial charge < -0.3 is 4.74 Å². The van der Waals surface area contributed by atoms with Gasteiger partial charge in [-0.25, -0.2) is 0 Å². The molecule has 27 heavy (non-hydrogen) atoms. The molecule has 1 aliphatic heterocycles. The van der Waals surface area contributed by atoms with Crippen LogP contribution >= 0.6 is 11.6 Å². The maximum absolute atomic E-state index is 11.0. The van der Waals surface area contributed by atoms with Crippen LogP contribution in [0.4, 0.5) is 0 Å². The van der Waals surface area contributed by atoms with Crippen molar-refractivity contribution in [1.29, 1.82) is 0 Å². The van der Waals surface area contributed by atoms with Crippen molar-refractivity contribution in [3.63, 3.8) is 0 Å². The summed E-state index contributed by atoms with van der Waals surface area (Å²) >= 11 is 6.55. The van der Waals surface area contributed by atoms with Gasteiger partial charge in [0, 0.05) is 17.1 Å². The Bertz CT molecular complexity index is 926. The molecule has 1 aromatic heterocycles. The first kappa shape index (κ1) is 18.0. The van der Waals surface area contributed by atoms with Gasteiger partial charge >= 0.3 is 0 Å². The number of hydrogen-bond acceptors (Lipinski definition) is 4. The number of carbonyl (C=O) groups excluding carboxylic acids is 1. The number of rotatable bonds is 6. The zero-order valence-electron chi connectivity index (χ0n) is 14.9. The molecular weight excluding hydrogens is 360 g/mol. The smallest absolute Gasteiger partial charge is 0.294 e. The van der Waals surface area contributed by atoms with Gasteiger partial charge in [-0.05, 0) is 43.1 Å². The summed E-state index contributed by atoms with van der Waals surface area (Å²) in [5.41, 5.74) is 3.35. The van der Waals surface area contributed by atoms with Crippen LogP contribution in [0.3, 0.4) is 0 Å². The standard InChI is InChI=1S/C22H21ClN2O2/c23-22(27-15-26)21(25-12-6-7-13-25)18-14-24-19-11-5-4-10-17(19)20(18)16-8-2-1-3-9-16/h1-5,8-11,14-15,21-22H,6-7,12-13H2. The highest BCUT2D eigenvalue weighted by molar-refractivity contribution is 6.20. The van der Waals surface area contributed by atoms with Gasteiger partial charge in [-0.1, -0.05) is 60.1 Å². The van der Waals surface area contributed by atoms with Crippen molar-refractivity contribution in [3.05, 3.63) is 66.4 Å². The zero-order chi connectivity index (χ0) is 18.6. The first-order chi connectivity index (χ1) is 13.3. The van der Waals surface area contributed by atoms with E-state index in [0.29, 0.717) is 6.47 Å². The van der Waals surface area contributed by atoms with Gasteiger partial charge in [0.15, 0.2) is 5.56 Å². The van der Waals surface area contributed by atoms with Crippen molar-refractivity contribution < 1.29 is 9.53 Å². The van der Waals surface area contributed by atoms with Crippen LogP contribution in [0, 0.1) is 0 Å². The van der Waals surface area contributed by atoms with E-state index in [1.54, 1.807) is 0 Å². The van der Waals surface area contributed by atoms with Crippen LogP contribution in [-0.4, -0.2) is 35.0 Å². The molecule has 0 amide bonds. The molecule has 2 heterocycles. The quantitative estimate of drug-likeness (QED) is 0.456. The van der Waals surface area contributed by atoms with E-state index in [1.165, 1.54) is 0 Å². The average Bonchev–Trinajstić information content (AvgIpc) is 3.23. The number of alkyl halides is 1. The zero-order valence-corrected chi connectivity index (χ0v) is 15.7. The number of ether oxygens (including phenoxy) is 1. The minimum atomic E-state index is -0.772. The van der Waals surface area contributed by atoms with E-state index in [4.69, 9.17) is 16.3 Å². The van der Waals surface area contributed by atoms with Crippen molar-refractivity contribution in [2.75, 3.05) is 13.1 Å². The van der Waals surface area contributed by atoms with Crippen LogP contribution in [0.25, 0.3) is 22.0 Å². The first-order valence-corrected chi connectivity index (χ1v) is 9.63. The van der Waals surface area contributed by atoms with Gasteiger partial charge in [0.05, 0.1) is 11.6 Å². The molecule has 3 aromatic rings. The van der Waals surface area contributed by atoms with Crippen LogP contribution in [0.5, 0.6) is 0 Å². The maximum Gasteiger partial charge on any atom is 0.294 e. The molecule has 2 unspecified atom stereocenters. The van der Waals surface area contributed by atoms with Gasteiger partial charge in [0.2, 0.25) is 0 Å². The topological polar surface area (TPSA) is 42.4 Å². The Morgan fingerprint density at radius 3 is 2.48 bits per heavy atom. The summed E-state index contributed by atoms with van der Waals surface area (Å²) in [5, 5.41) is 1.07. The minimum Gasteiger partial charge on any atom is -0.446 e. The largest absolute Gasteiger partial charge is 0.446 e. The van der Waals surface area contributed by atoms with E-state index >= 15 is 0 Å². The molecule has 2 aromatic carbocycles. The molecule has 4 nitrogen and oxygen atoms in total. The van der Waals surface area contributed by atoms with Crippen LogP contribution in [0.2, 0.25) is 0 Å². The van der Waals surface area contributed by atoms with E-state index < -0.39 is 5.56 Å². The molecule has 0 spiro atoms. The lowest BCUT2D eigenvalue weighted by Gasteiger charge is -2.32. The lowest BCUT2D eigenvalue weighted by Crippen LogP contribution is -2.34. The van der Waals surface area contributed by atoms with Crippen molar-refractivity contribution in [2.24, 2.45) is 0 Å². The maximum atomic E-state index is 11.0. The van der Waals surface area contributed by atoms with E-state index in [2.05, 4.69) is 28.1 Å². The summed E-state index contributed by atoms with van der Waals surface area (Å²) in [4.78, 5) is 18.0. The number of carbonyl (C=O) groups is 1. The first-order valence-electron chi connectivity index (χ1n) is 9.20. The lowest BCUT2D eigenvalue weighted by atomic mass is 9.92. The molecule has 5 heteroatoms. The third-order valence-electron chi connectivity index (χ3n) is 5.15. The number of fused-ring (bicyclic) bond motifs is 1. The Labute approximate surface area is 163 Å². The second-order valence-electron chi connectivity index (χ2n) is 6.74. The molecule has 0 saturated carbocycles. The Morgan fingerprint density at radius 2 is 1.74 bits per heavy atom. The van der Waals surface area contributed by atoms with E-state index in [0.717, 1.165) is 53.5 Å². The van der Waals surface area contributed by atoms with Crippen LogP contribution < -0.4 is 0 Å². The molecule has 0 N–H and O–H groups in total. The number of aromatic nitrogens is 1. The Kier molecular flexibility index (Phi) is 5.37. The number of para-hydroxylation sites is 1. The van der Waals surface area contributed by atoms with Gasteiger partial charge in [0.1, 0.15) is 0 Å². The van der Waals surface area contributed by atoms with Crippen molar-refractivity contribution in [1.82, 2.24) is 9.88 Å². The molecule has 1 aliphatic rings. The number of nitrogens with zero attached hydrogens (tertiary/aromatic N) is 2. The van der Waals surface area contributed by atoms with E-state index in [9.17, 15) is 4.79 Å². The fourth-order valence-corrected chi connectivity index (χ4v) is 4.30. The third-order valence-corrected chi connectivity index (χ3v) is 5.50. The molecule has 0 bridgehead atoms. The number of benzene rings is 2. The van der Waals surface area contributed by atoms with Crippen molar-refractivity contribution in [2.45, 2.75) is 24.4 Å². The summed E-state index contributed by atoms with van der Waals surface area (Å²) in [6.45, 7) is 2.28. The van der Waals surface area contributed by atoms with Crippen LogP contribution in [0.15, 0.2) is 60.8 Å². The molecule has 0 radical (unpaired) electrons. The van der Waals surface area contributed by atoms with E-state index in [1.807, 2.05) is 42.6 Å². The van der Waals surface area contributed by atoms with Gasteiger partial charge in [0.25, 0.3) is 6.47 Å². The Hall–Kier alpha value is -2.43. The van der Waals surface area contributed by atoms with Gasteiger partial charge in [-0.2, -0.15) is 0 Å². The summed E-state index contributed by atoms with van der Waals surface area (Å²) in [7, 11) is 0. The molecule has 2 atom stereocenters. The number of pyridine rings is 1. The van der Waals surface area contributed by atoms with Crippen LogP contribution in [-0.2, 0) is 9.53 Å². The third kappa shape index (κ3) is 3.55. The predicted molar refractivity (Wildman–Crippen MR) is 108 cm³/mol. The Morgan fingerprint density at radius 1 is 1.04 bits per heavy atom. The molecule has 1 saturated heterocycles. The second-order valence-corrected chi connectivity index (χ2v) is 7.17. The summed E-state index contributed by atoms with van der Waals surface area (Å²) in [6.07, 6.45) is 4.11. The second kappa shape index (κ2) is 8.07. The van der Waals surface area contributed by atoms with Crippen LogP contribution in [0.1, 0.15) is 24.4 Å². The highest BCUT2D eigenvalue weighted by Crippen LogP contribution is 2.40. The molecule has 0 aliphatic carbocycles. The Balaban J connectivity index is 1.94. The lowest BCUT2D eigenvalue weighted by molar-refractivity contribution is -0.132. The summed E-state index contributed by atoms with van der Waals surface area (Å²) in [5.74, 6) is 0. The highest BCUT2D eigenvalue weighted by Gasteiger charge is 2.33. The molecular formula is C22H21ClN2O2. The van der Waals surface area contributed by atoms with Gasteiger partial charge in [-0.15, -0.1) is 0 Å². The average molecular weight is 381 g/mol. The number of likely N-dealkylation sites (tertiary alicyclic amines) is 1. The molecule has 4 rings (SSSR count). The van der Waals surface area contributed by atoms with Crippen molar-refractivity contribution in [3.8, 4) is 11.1 Å². The highest BCUT2D eigenvalue weighted by atomic mass is 35.5. The monoisotopic (exact) mass is 380 g/mol. The molecule has 1 fully saturated rings. The minimum absolute atomic E-state index is 0.244. The van der Waals surface area contributed by atoms with E-state index in [-0.39, 0.29) is 6.04 Å². The fourth-order valence-electron chi connectivity index (χ4n) is 3.96. The van der Waals surface area contributed by atoms with Gasteiger partial charge in [-0.3, -0.25) is 14.7 Å². The summed E-state index contributed by atoms with van der Waals surface area (Å²) < 4.78 is 5.19. The SMILES string of the molecule is O=COC(Cl)C(c1cnc2ccccc2c1-c1ccccc1)N1CCCC1. The normalized spacial score (nSPS) is 16.9. The van der Waals surface area contributed by atoms with Crippen molar-refractivity contribution >= 4 is 29.0 Å².